The first kappa shape index (κ1) is 25.4. The van der Waals surface area contributed by atoms with Gasteiger partial charge in [0, 0.05) is 32.8 Å². The Kier molecular flexibility index (Phi) is 5.78. The van der Waals surface area contributed by atoms with Crippen molar-refractivity contribution in [3.8, 4) is 45.3 Å². The van der Waals surface area contributed by atoms with E-state index < -0.39 is 0 Å². The number of rotatable bonds is 4. The summed E-state index contributed by atoms with van der Waals surface area (Å²) in [5.41, 5.74) is 6.80. The van der Waals surface area contributed by atoms with E-state index in [0.29, 0.717) is 17.5 Å². The predicted molar refractivity (Wildman–Crippen MR) is 184 cm³/mol. The summed E-state index contributed by atoms with van der Waals surface area (Å²) in [6, 6.07) is 52.2. The maximum absolute atomic E-state index is 6.38. The lowest BCUT2D eigenvalue weighted by molar-refractivity contribution is 0.669. The molecule has 9 aromatic rings. The van der Waals surface area contributed by atoms with E-state index in [9.17, 15) is 0 Å². The molecule has 0 saturated carbocycles. The third kappa shape index (κ3) is 4.35. The van der Waals surface area contributed by atoms with Gasteiger partial charge >= 0.3 is 0 Å². The molecule has 7 aromatic carbocycles. The summed E-state index contributed by atoms with van der Waals surface area (Å²) in [5, 5.41) is 6.94. The molecule has 210 valence electrons. The molecule has 0 aliphatic rings. The number of benzene rings is 7. The van der Waals surface area contributed by atoms with Gasteiger partial charge in [-0.1, -0.05) is 127 Å². The SMILES string of the molecule is c1ccc(-c2ccc(-c3nc(-c4ccccc4)nc(-c4ccc5oc6ccc7ccc8ccccc8c7c6c5c4)n3)cc2)cc1. The van der Waals surface area contributed by atoms with Crippen molar-refractivity contribution in [2.45, 2.75) is 0 Å². The molecule has 0 bridgehead atoms. The van der Waals surface area contributed by atoms with Crippen molar-refractivity contribution in [2.24, 2.45) is 0 Å². The predicted octanol–water partition coefficient (Wildman–Crippen LogP) is 10.7. The van der Waals surface area contributed by atoms with Crippen LogP contribution in [0.5, 0.6) is 0 Å². The van der Waals surface area contributed by atoms with Crippen LogP contribution in [0, 0.1) is 0 Å². The quantitative estimate of drug-likeness (QED) is 0.196. The summed E-state index contributed by atoms with van der Waals surface area (Å²) < 4.78 is 6.38. The van der Waals surface area contributed by atoms with Crippen molar-refractivity contribution in [3.05, 3.63) is 152 Å². The van der Waals surface area contributed by atoms with Crippen LogP contribution in [0.15, 0.2) is 156 Å². The second-order valence-electron chi connectivity index (χ2n) is 11.3. The maximum Gasteiger partial charge on any atom is 0.164 e. The Morgan fingerprint density at radius 2 is 0.844 bits per heavy atom. The normalized spacial score (nSPS) is 11.6. The summed E-state index contributed by atoms with van der Waals surface area (Å²) in [4.78, 5) is 15.0. The number of hydrogen-bond donors (Lipinski definition) is 0. The molecule has 2 heterocycles. The third-order valence-corrected chi connectivity index (χ3v) is 8.52. The maximum atomic E-state index is 6.38. The lowest BCUT2D eigenvalue weighted by atomic mass is 9.97. The second-order valence-corrected chi connectivity index (χ2v) is 11.3. The minimum atomic E-state index is 0.618. The van der Waals surface area contributed by atoms with Gasteiger partial charge in [0.2, 0.25) is 0 Å². The largest absolute Gasteiger partial charge is 0.456 e. The van der Waals surface area contributed by atoms with Crippen LogP contribution in [0.2, 0.25) is 0 Å². The Hall–Kier alpha value is -6.13. The lowest BCUT2D eigenvalue weighted by Gasteiger charge is -2.09. The third-order valence-electron chi connectivity index (χ3n) is 8.52. The molecule has 0 unspecified atom stereocenters. The Balaban J connectivity index is 1.24. The molecule has 4 nitrogen and oxygen atoms in total. The number of furan rings is 1. The van der Waals surface area contributed by atoms with Crippen LogP contribution in [-0.2, 0) is 0 Å². The fourth-order valence-corrected chi connectivity index (χ4v) is 6.30. The number of hydrogen-bond acceptors (Lipinski definition) is 4. The zero-order chi connectivity index (χ0) is 29.7. The van der Waals surface area contributed by atoms with Crippen LogP contribution >= 0.6 is 0 Å². The first-order valence-electron chi connectivity index (χ1n) is 15.0. The molecule has 0 N–H and O–H groups in total. The number of aromatic nitrogens is 3. The highest BCUT2D eigenvalue weighted by atomic mass is 16.3. The van der Waals surface area contributed by atoms with Gasteiger partial charge < -0.3 is 4.42 Å². The van der Waals surface area contributed by atoms with E-state index >= 15 is 0 Å². The van der Waals surface area contributed by atoms with Gasteiger partial charge in [0.25, 0.3) is 0 Å². The Bertz CT molecular complexity index is 2520. The molecule has 0 radical (unpaired) electrons. The van der Waals surface area contributed by atoms with E-state index in [1.54, 1.807) is 0 Å². The molecule has 4 heteroatoms. The molecule has 0 amide bonds. The van der Waals surface area contributed by atoms with Crippen molar-refractivity contribution < 1.29 is 4.42 Å². The molecular weight excluding hydrogens is 550 g/mol. The number of nitrogens with zero attached hydrogens (tertiary/aromatic N) is 3. The van der Waals surface area contributed by atoms with Crippen molar-refractivity contribution in [2.75, 3.05) is 0 Å². The first-order valence-corrected chi connectivity index (χ1v) is 15.0. The van der Waals surface area contributed by atoms with E-state index in [2.05, 4.69) is 103 Å². The zero-order valence-electron chi connectivity index (χ0n) is 24.2. The average molecular weight is 576 g/mol. The van der Waals surface area contributed by atoms with Gasteiger partial charge in [-0.25, -0.2) is 15.0 Å². The van der Waals surface area contributed by atoms with E-state index in [1.165, 1.54) is 27.1 Å². The van der Waals surface area contributed by atoms with E-state index in [0.717, 1.165) is 44.2 Å². The Morgan fingerprint density at radius 3 is 1.60 bits per heavy atom. The molecular formula is C41H25N3O. The highest BCUT2D eigenvalue weighted by Gasteiger charge is 2.17. The minimum Gasteiger partial charge on any atom is -0.456 e. The van der Waals surface area contributed by atoms with E-state index in [4.69, 9.17) is 19.4 Å². The lowest BCUT2D eigenvalue weighted by Crippen LogP contribution is -2.00. The van der Waals surface area contributed by atoms with Gasteiger partial charge in [-0.3, -0.25) is 0 Å². The van der Waals surface area contributed by atoms with Crippen molar-refractivity contribution in [1.29, 1.82) is 0 Å². The van der Waals surface area contributed by atoms with Gasteiger partial charge in [-0.15, -0.1) is 0 Å². The van der Waals surface area contributed by atoms with E-state index in [1.807, 2.05) is 48.5 Å². The van der Waals surface area contributed by atoms with Gasteiger partial charge in [-0.2, -0.15) is 0 Å². The van der Waals surface area contributed by atoms with Crippen molar-refractivity contribution in [3.63, 3.8) is 0 Å². The first-order chi connectivity index (χ1) is 22.3. The molecule has 0 aliphatic heterocycles. The average Bonchev–Trinajstić information content (AvgIpc) is 3.50. The summed E-state index contributed by atoms with van der Waals surface area (Å²) in [5.74, 6) is 1.88. The van der Waals surface area contributed by atoms with Crippen LogP contribution in [-0.4, -0.2) is 15.0 Å². The number of fused-ring (bicyclic) bond motifs is 7. The van der Waals surface area contributed by atoms with Crippen LogP contribution in [0.1, 0.15) is 0 Å². The smallest absolute Gasteiger partial charge is 0.164 e. The molecule has 0 saturated heterocycles. The summed E-state index contributed by atoms with van der Waals surface area (Å²) in [6.07, 6.45) is 0. The zero-order valence-corrected chi connectivity index (χ0v) is 24.2. The topological polar surface area (TPSA) is 51.8 Å². The molecule has 0 aliphatic carbocycles. The van der Waals surface area contributed by atoms with Crippen LogP contribution < -0.4 is 0 Å². The molecule has 0 fully saturated rings. The van der Waals surface area contributed by atoms with Gasteiger partial charge in [0.05, 0.1) is 0 Å². The molecule has 0 spiro atoms. The Labute approximate surface area is 259 Å². The van der Waals surface area contributed by atoms with Gasteiger partial charge in [-0.05, 0) is 51.6 Å². The minimum absolute atomic E-state index is 0.618. The molecule has 45 heavy (non-hydrogen) atoms. The van der Waals surface area contributed by atoms with Gasteiger partial charge in [0.1, 0.15) is 11.2 Å². The molecule has 9 rings (SSSR count). The molecule has 0 atom stereocenters. The molecule has 2 aromatic heterocycles. The summed E-state index contributed by atoms with van der Waals surface area (Å²) in [6.45, 7) is 0. The van der Waals surface area contributed by atoms with Crippen molar-refractivity contribution >= 4 is 43.5 Å². The van der Waals surface area contributed by atoms with Gasteiger partial charge in [0.15, 0.2) is 17.5 Å². The monoisotopic (exact) mass is 575 g/mol. The standard InChI is InChI=1S/C41H25N3O/c1-3-9-26(10-4-1)27-15-19-31(20-16-27)40-42-39(30-12-5-2-6-13-30)43-41(44-40)32-22-23-35-34(25-32)38-36(45-35)24-21-29-18-17-28-11-7-8-14-33(28)37(29)38/h1-25H. The van der Waals surface area contributed by atoms with E-state index in [-0.39, 0.29) is 0 Å². The van der Waals surface area contributed by atoms with Crippen LogP contribution in [0.25, 0.3) is 88.8 Å². The highest BCUT2D eigenvalue weighted by molar-refractivity contribution is 6.26. The summed E-state index contributed by atoms with van der Waals surface area (Å²) >= 11 is 0. The fraction of sp³-hybridized carbons (Fsp3) is 0. The summed E-state index contributed by atoms with van der Waals surface area (Å²) in [7, 11) is 0. The highest BCUT2D eigenvalue weighted by Crippen LogP contribution is 2.39. The van der Waals surface area contributed by atoms with Crippen molar-refractivity contribution in [1.82, 2.24) is 15.0 Å². The van der Waals surface area contributed by atoms with Crippen LogP contribution in [0.3, 0.4) is 0 Å². The Morgan fingerprint density at radius 1 is 0.333 bits per heavy atom. The fourth-order valence-electron chi connectivity index (χ4n) is 6.30. The second kappa shape index (κ2) is 10.2. The van der Waals surface area contributed by atoms with Crippen LogP contribution in [0.4, 0.5) is 0 Å².